The minimum atomic E-state index is -0.344. The van der Waals surface area contributed by atoms with E-state index in [1.54, 1.807) is 26.4 Å². The molecule has 0 bridgehead atoms. The fourth-order valence-corrected chi connectivity index (χ4v) is 1.93. The number of carbonyl (C=O) groups excluding carboxylic acids is 1. The topological polar surface area (TPSA) is 59.6 Å². The summed E-state index contributed by atoms with van der Waals surface area (Å²) in [4.78, 5) is 11.8. The molecule has 0 radical (unpaired) electrons. The Kier molecular flexibility index (Phi) is 5.89. The number of rotatable bonds is 4. The quantitative estimate of drug-likeness (QED) is 0.854. The number of methoxy groups -OCH3 is 2. The first-order valence-corrected chi connectivity index (χ1v) is 7.04. The van der Waals surface area contributed by atoms with E-state index in [9.17, 15) is 4.79 Å². The second-order valence-electron chi connectivity index (χ2n) is 4.51. The van der Waals surface area contributed by atoms with Crippen LogP contribution in [0.5, 0.6) is 11.5 Å². The molecule has 5 nitrogen and oxygen atoms in total. The molecule has 0 spiro atoms. The summed E-state index contributed by atoms with van der Waals surface area (Å²) in [6.07, 6.45) is 0. The predicted molar refractivity (Wildman–Crippen MR) is 89.9 cm³/mol. The molecule has 0 saturated heterocycles. The van der Waals surface area contributed by atoms with E-state index in [4.69, 9.17) is 9.47 Å². The molecule has 0 aliphatic heterocycles. The number of benzene rings is 2. The molecule has 118 valence electrons. The van der Waals surface area contributed by atoms with Crippen molar-refractivity contribution >= 4 is 11.7 Å². The number of urea groups is 1. The first-order chi connectivity index (χ1) is 11.2. The second kappa shape index (κ2) is 8.35. The monoisotopic (exact) mass is 310 g/mol. The molecule has 0 fully saturated rings. The van der Waals surface area contributed by atoms with Crippen LogP contribution in [0.15, 0.2) is 48.5 Å². The number of amides is 2. The van der Waals surface area contributed by atoms with Gasteiger partial charge in [0.25, 0.3) is 0 Å². The maximum absolute atomic E-state index is 11.8. The summed E-state index contributed by atoms with van der Waals surface area (Å²) >= 11 is 0. The molecule has 2 rings (SSSR count). The zero-order valence-corrected chi connectivity index (χ0v) is 13.1. The van der Waals surface area contributed by atoms with Crippen LogP contribution in [0.25, 0.3) is 0 Å². The van der Waals surface area contributed by atoms with Crippen LogP contribution in [0.4, 0.5) is 10.5 Å². The van der Waals surface area contributed by atoms with Crippen molar-refractivity contribution in [2.24, 2.45) is 0 Å². The van der Waals surface area contributed by atoms with Crippen molar-refractivity contribution in [3.63, 3.8) is 0 Å². The molecule has 2 aromatic rings. The smallest absolute Gasteiger partial charge is 0.320 e. The van der Waals surface area contributed by atoms with Gasteiger partial charge in [0, 0.05) is 0 Å². The third-order valence-corrected chi connectivity index (χ3v) is 3.02. The number of hydrogen-bond donors (Lipinski definition) is 2. The van der Waals surface area contributed by atoms with Gasteiger partial charge in [-0.1, -0.05) is 36.1 Å². The van der Waals surface area contributed by atoms with E-state index in [1.807, 2.05) is 36.4 Å². The fourth-order valence-electron chi connectivity index (χ4n) is 1.93. The Morgan fingerprint density at radius 1 is 1.00 bits per heavy atom. The number of para-hydroxylation sites is 3. The summed E-state index contributed by atoms with van der Waals surface area (Å²) in [7, 11) is 3.15. The van der Waals surface area contributed by atoms with E-state index in [0.717, 1.165) is 5.56 Å². The van der Waals surface area contributed by atoms with Gasteiger partial charge in [0.1, 0.15) is 11.5 Å². The van der Waals surface area contributed by atoms with Crippen molar-refractivity contribution in [3.8, 4) is 23.3 Å². The molecule has 2 amide bonds. The lowest BCUT2D eigenvalue weighted by Crippen LogP contribution is -2.29. The zero-order chi connectivity index (χ0) is 16.5. The van der Waals surface area contributed by atoms with Crippen LogP contribution in [-0.4, -0.2) is 26.8 Å². The maximum Gasteiger partial charge on any atom is 0.320 e. The van der Waals surface area contributed by atoms with Gasteiger partial charge in [-0.15, -0.1) is 0 Å². The normalized spacial score (nSPS) is 9.30. The lowest BCUT2D eigenvalue weighted by molar-refractivity contribution is 0.253. The molecule has 0 atom stereocenters. The summed E-state index contributed by atoms with van der Waals surface area (Å²) < 4.78 is 10.4. The lowest BCUT2D eigenvalue weighted by Gasteiger charge is -2.09. The highest BCUT2D eigenvalue weighted by atomic mass is 16.5. The van der Waals surface area contributed by atoms with Crippen LogP contribution in [0.3, 0.4) is 0 Å². The van der Waals surface area contributed by atoms with Crippen LogP contribution in [0.1, 0.15) is 5.56 Å². The number of anilines is 1. The Morgan fingerprint density at radius 2 is 1.65 bits per heavy atom. The Balaban J connectivity index is 1.89. The molecule has 0 aliphatic rings. The van der Waals surface area contributed by atoms with Crippen molar-refractivity contribution in [2.45, 2.75) is 0 Å². The summed E-state index contributed by atoms with van der Waals surface area (Å²) in [5.41, 5.74) is 1.38. The fraction of sp³-hybridized carbons (Fsp3) is 0.167. The summed E-state index contributed by atoms with van der Waals surface area (Å²) in [5.74, 6) is 7.16. The SMILES string of the molecule is COc1ccccc1C#CCNC(=O)Nc1ccccc1OC. The molecule has 0 unspecified atom stereocenters. The number of nitrogens with one attached hydrogen (secondary N) is 2. The van der Waals surface area contributed by atoms with Gasteiger partial charge in [-0.3, -0.25) is 0 Å². The van der Waals surface area contributed by atoms with Crippen LogP contribution < -0.4 is 20.1 Å². The van der Waals surface area contributed by atoms with Gasteiger partial charge in [-0.2, -0.15) is 0 Å². The van der Waals surface area contributed by atoms with Crippen LogP contribution in [0.2, 0.25) is 0 Å². The maximum atomic E-state index is 11.8. The summed E-state index contributed by atoms with van der Waals surface area (Å²) in [6, 6.07) is 14.3. The third-order valence-electron chi connectivity index (χ3n) is 3.02. The van der Waals surface area contributed by atoms with Crippen molar-refractivity contribution in [1.29, 1.82) is 0 Å². The van der Waals surface area contributed by atoms with Gasteiger partial charge < -0.3 is 20.1 Å². The van der Waals surface area contributed by atoms with Crippen LogP contribution in [0, 0.1) is 11.8 Å². The van der Waals surface area contributed by atoms with Crippen molar-refractivity contribution in [1.82, 2.24) is 5.32 Å². The third kappa shape index (κ3) is 4.68. The molecule has 23 heavy (non-hydrogen) atoms. The first kappa shape index (κ1) is 16.2. The standard InChI is InChI=1S/C18H18N2O3/c1-22-16-11-5-3-8-14(16)9-7-13-19-18(21)20-15-10-4-6-12-17(15)23-2/h3-6,8,10-12H,13H2,1-2H3,(H2,19,20,21). The number of hydrogen-bond acceptors (Lipinski definition) is 3. The largest absolute Gasteiger partial charge is 0.495 e. The van der Waals surface area contributed by atoms with Gasteiger partial charge in [-0.05, 0) is 24.3 Å². The van der Waals surface area contributed by atoms with Gasteiger partial charge in [-0.25, -0.2) is 4.79 Å². The molecule has 0 heterocycles. The van der Waals surface area contributed by atoms with Gasteiger partial charge >= 0.3 is 6.03 Å². The van der Waals surface area contributed by atoms with E-state index >= 15 is 0 Å². The highest BCUT2D eigenvalue weighted by Crippen LogP contribution is 2.22. The molecule has 5 heteroatoms. The molecular formula is C18H18N2O3. The Morgan fingerprint density at radius 3 is 2.39 bits per heavy atom. The number of ether oxygens (including phenoxy) is 2. The highest BCUT2D eigenvalue weighted by Gasteiger charge is 2.05. The Hall–Kier alpha value is -3.13. The molecule has 0 aromatic heterocycles. The van der Waals surface area contributed by atoms with Gasteiger partial charge in [0.15, 0.2) is 0 Å². The van der Waals surface area contributed by atoms with Crippen molar-refractivity contribution in [3.05, 3.63) is 54.1 Å². The van der Waals surface area contributed by atoms with Gasteiger partial charge in [0.2, 0.25) is 0 Å². The highest BCUT2D eigenvalue weighted by molar-refractivity contribution is 5.91. The Labute approximate surface area is 135 Å². The second-order valence-corrected chi connectivity index (χ2v) is 4.51. The molecular weight excluding hydrogens is 292 g/mol. The number of carbonyl (C=O) groups is 1. The lowest BCUT2D eigenvalue weighted by atomic mass is 10.2. The van der Waals surface area contributed by atoms with E-state index in [0.29, 0.717) is 17.2 Å². The van der Waals surface area contributed by atoms with E-state index in [2.05, 4.69) is 22.5 Å². The van der Waals surface area contributed by atoms with E-state index in [1.165, 1.54) is 0 Å². The predicted octanol–water partition coefficient (Wildman–Crippen LogP) is 2.88. The summed E-state index contributed by atoms with van der Waals surface area (Å²) in [5, 5.41) is 5.39. The van der Waals surface area contributed by atoms with Gasteiger partial charge in [0.05, 0.1) is 32.0 Å². The Bertz CT molecular complexity index is 732. The van der Waals surface area contributed by atoms with Crippen molar-refractivity contribution in [2.75, 3.05) is 26.1 Å². The molecule has 0 aliphatic carbocycles. The average Bonchev–Trinajstić information content (AvgIpc) is 2.59. The zero-order valence-electron chi connectivity index (χ0n) is 13.1. The average molecular weight is 310 g/mol. The minimum Gasteiger partial charge on any atom is -0.495 e. The van der Waals surface area contributed by atoms with Crippen LogP contribution in [-0.2, 0) is 0 Å². The first-order valence-electron chi connectivity index (χ1n) is 7.04. The van der Waals surface area contributed by atoms with E-state index in [-0.39, 0.29) is 12.6 Å². The molecule has 2 aromatic carbocycles. The summed E-state index contributed by atoms with van der Waals surface area (Å²) in [6.45, 7) is 0.221. The van der Waals surface area contributed by atoms with Crippen LogP contribution >= 0.6 is 0 Å². The van der Waals surface area contributed by atoms with E-state index < -0.39 is 0 Å². The minimum absolute atomic E-state index is 0.221. The molecule has 0 saturated carbocycles. The molecule has 2 N–H and O–H groups in total. The van der Waals surface area contributed by atoms with Crippen molar-refractivity contribution < 1.29 is 14.3 Å².